The molecule has 0 spiro atoms. The van der Waals surface area contributed by atoms with Gasteiger partial charge in [0.2, 0.25) is 0 Å². The first-order valence-corrected chi connectivity index (χ1v) is 6.11. The van der Waals surface area contributed by atoms with E-state index < -0.39 is 0 Å². The fourth-order valence-corrected chi connectivity index (χ4v) is 2.34. The smallest absolute Gasteiger partial charge is 0.150 e. The average molecular weight is 231 g/mol. The second-order valence-corrected chi connectivity index (χ2v) is 4.58. The first kappa shape index (κ1) is 10.6. The van der Waals surface area contributed by atoms with Gasteiger partial charge in [0.25, 0.3) is 0 Å². The van der Waals surface area contributed by atoms with Crippen LogP contribution in [0.1, 0.15) is 18.4 Å². The molecule has 3 rings (SSSR count). The minimum atomic E-state index is 0.477. The van der Waals surface area contributed by atoms with Crippen molar-refractivity contribution < 1.29 is 4.74 Å². The molecule has 0 aromatic carbocycles. The molecule has 0 aliphatic carbocycles. The monoisotopic (exact) mass is 231 g/mol. The summed E-state index contributed by atoms with van der Waals surface area (Å²) in [5.41, 5.74) is 2.37. The van der Waals surface area contributed by atoms with E-state index in [-0.39, 0.29) is 0 Å². The third kappa shape index (κ3) is 2.00. The maximum Gasteiger partial charge on any atom is 0.150 e. The normalized spacial score (nSPS) is 17.5. The largest absolute Gasteiger partial charge is 0.381 e. The minimum Gasteiger partial charge on any atom is -0.381 e. The number of aryl methyl sites for hydroxylation is 1. The molecule has 0 atom stereocenters. The minimum absolute atomic E-state index is 0.477. The van der Waals surface area contributed by atoms with Gasteiger partial charge in [0.15, 0.2) is 5.82 Å². The number of nitrogens with zero attached hydrogens (tertiary/aromatic N) is 1. The quantitative estimate of drug-likeness (QED) is 0.834. The van der Waals surface area contributed by atoms with Crippen LogP contribution in [0.5, 0.6) is 0 Å². The predicted octanol–water partition coefficient (Wildman–Crippen LogP) is 2.46. The zero-order chi connectivity index (χ0) is 11.7. The third-order valence-corrected chi connectivity index (χ3v) is 3.37. The molecule has 0 amide bonds. The number of H-pyrrole nitrogens is 1. The van der Waals surface area contributed by atoms with Crippen LogP contribution < -0.4 is 5.32 Å². The highest BCUT2D eigenvalue weighted by atomic mass is 16.5. The first-order chi connectivity index (χ1) is 8.34. The van der Waals surface area contributed by atoms with E-state index in [4.69, 9.17) is 4.74 Å². The van der Waals surface area contributed by atoms with Gasteiger partial charge in [0.05, 0.1) is 5.52 Å². The number of aromatic nitrogens is 2. The van der Waals surface area contributed by atoms with E-state index >= 15 is 0 Å². The molecule has 1 aliphatic rings. The Balaban J connectivity index is 1.89. The number of nitrogens with one attached hydrogen (secondary N) is 2. The molecule has 4 heteroatoms. The van der Waals surface area contributed by atoms with Crippen molar-refractivity contribution in [1.29, 1.82) is 0 Å². The Morgan fingerprint density at radius 2 is 2.24 bits per heavy atom. The molecule has 1 saturated heterocycles. The van der Waals surface area contributed by atoms with Crippen LogP contribution in [0.25, 0.3) is 10.9 Å². The van der Waals surface area contributed by atoms with Crippen molar-refractivity contribution in [3.63, 3.8) is 0 Å². The number of hydrogen-bond acceptors (Lipinski definition) is 3. The van der Waals surface area contributed by atoms with Gasteiger partial charge in [0.1, 0.15) is 0 Å². The summed E-state index contributed by atoms with van der Waals surface area (Å²) in [6, 6.07) is 2.53. The van der Waals surface area contributed by atoms with Gasteiger partial charge >= 0.3 is 0 Å². The van der Waals surface area contributed by atoms with Crippen molar-refractivity contribution in [2.24, 2.45) is 0 Å². The van der Waals surface area contributed by atoms with Crippen LogP contribution in [0.2, 0.25) is 0 Å². The van der Waals surface area contributed by atoms with Crippen LogP contribution in [0.3, 0.4) is 0 Å². The molecular weight excluding hydrogens is 214 g/mol. The fraction of sp³-hybridized carbons (Fsp3) is 0.462. The molecule has 3 heterocycles. The summed E-state index contributed by atoms with van der Waals surface area (Å²) >= 11 is 0. The number of hydrogen-bond donors (Lipinski definition) is 2. The SMILES string of the molecule is Cc1c[nH]c2c(NC3CCOCC3)nccc12. The van der Waals surface area contributed by atoms with Crippen LogP contribution in [-0.2, 0) is 4.74 Å². The van der Waals surface area contributed by atoms with Gasteiger partial charge in [-0.1, -0.05) is 0 Å². The number of anilines is 1. The van der Waals surface area contributed by atoms with Crippen molar-refractivity contribution in [2.45, 2.75) is 25.8 Å². The summed E-state index contributed by atoms with van der Waals surface area (Å²) in [4.78, 5) is 7.72. The van der Waals surface area contributed by atoms with Crippen LogP contribution in [-0.4, -0.2) is 29.2 Å². The van der Waals surface area contributed by atoms with E-state index in [1.807, 2.05) is 12.4 Å². The van der Waals surface area contributed by atoms with Gasteiger partial charge in [-0.3, -0.25) is 0 Å². The van der Waals surface area contributed by atoms with Crippen molar-refractivity contribution in [3.05, 3.63) is 24.0 Å². The molecule has 2 aromatic rings. The Labute approximate surface area is 100 Å². The molecule has 4 nitrogen and oxygen atoms in total. The highest BCUT2D eigenvalue weighted by molar-refractivity contribution is 5.91. The second kappa shape index (κ2) is 4.37. The van der Waals surface area contributed by atoms with E-state index in [2.05, 4.69) is 28.3 Å². The lowest BCUT2D eigenvalue weighted by molar-refractivity contribution is 0.0904. The molecule has 90 valence electrons. The highest BCUT2D eigenvalue weighted by Gasteiger charge is 2.15. The lowest BCUT2D eigenvalue weighted by atomic mass is 10.1. The summed E-state index contributed by atoms with van der Waals surface area (Å²) in [6.07, 6.45) is 6.00. The standard InChI is InChI=1S/C13H17N3O/c1-9-8-15-12-11(9)2-5-14-13(12)16-10-3-6-17-7-4-10/h2,5,8,10,15H,3-4,6-7H2,1H3,(H,14,16). The number of rotatable bonds is 2. The summed E-state index contributed by atoms with van der Waals surface area (Å²) in [5, 5.41) is 4.76. The molecule has 1 aliphatic heterocycles. The van der Waals surface area contributed by atoms with Gasteiger partial charge in [-0.05, 0) is 31.4 Å². The van der Waals surface area contributed by atoms with Gasteiger partial charge in [0, 0.05) is 37.0 Å². The number of ether oxygens (including phenoxy) is 1. The van der Waals surface area contributed by atoms with E-state index in [0.29, 0.717) is 6.04 Å². The fourth-order valence-electron chi connectivity index (χ4n) is 2.34. The Hall–Kier alpha value is -1.55. The lowest BCUT2D eigenvalue weighted by Crippen LogP contribution is -2.28. The van der Waals surface area contributed by atoms with Crippen molar-refractivity contribution >= 4 is 16.7 Å². The van der Waals surface area contributed by atoms with Gasteiger partial charge in [-0.2, -0.15) is 0 Å². The van der Waals surface area contributed by atoms with Crippen LogP contribution >= 0.6 is 0 Å². The Bertz CT molecular complexity index is 514. The Morgan fingerprint density at radius 3 is 3.06 bits per heavy atom. The molecule has 2 aromatic heterocycles. The second-order valence-electron chi connectivity index (χ2n) is 4.58. The van der Waals surface area contributed by atoms with Crippen LogP contribution in [0.4, 0.5) is 5.82 Å². The van der Waals surface area contributed by atoms with E-state index in [1.54, 1.807) is 0 Å². The summed E-state index contributed by atoms with van der Waals surface area (Å²) in [7, 11) is 0. The van der Waals surface area contributed by atoms with Crippen molar-refractivity contribution in [3.8, 4) is 0 Å². The third-order valence-electron chi connectivity index (χ3n) is 3.37. The van der Waals surface area contributed by atoms with Crippen LogP contribution in [0.15, 0.2) is 18.5 Å². The summed E-state index contributed by atoms with van der Waals surface area (Å²) in [5.74, 6) is 0.961. The van der Waals surface area contributed by atoms with E-state index in [0.717, 1.165) is 37.4 Å². The number of pyridine rings is 1. The maximum atomic E-state index is 5.36. The van der Waals surface area contributed by atoms with Gasteiger partial charge < -0.3 is 15.0 Å². The molecule has 1 fully saturated rings. The zero-order valence-corrected chi connectivity index (χ0v) is 9.99. The Kier molecular flexibility index (Phi) is 2.73. The lowest BCUT2D eigenvalue weighted by Gasteiger charge is -2.23. The predicted molar refractivity (Wildman–Crippen MR) is 68.3 cm³/mol. The van der Waals surface area contributed by atoms with Gasteiger partial charge in [-0.25, -0.2) is 4.98 Å². The van der Waals surface area contributed by atoms with Crippen molar-refractivity contribution in [1.82, 2.24) is 9.97 Å². The molecule has 17 heavy (non-hydrogen) atoms. The van der Waals surface area contributed by atoms with E-state index in [1.165, 1.54) is 10.9 Å². The molecule has 0 unspecified atom stereocenters. The summed E-state index contributed by atoms with van der Waals surface area (Å²) < 4.78 is 5.36. The zero-order valence-electron chi connectivity index (χ0n) is 9.99. The van der Waals surface area contributed by atoms with E-state index in [9.17, 15) is 0 Å². The molecule has 0 bridgehead atoms. The maximum absolute atomic E-state index is 5.36. The van der Waals surface area contributed by atoms with Crippen molar-refractivity contribution in [2.75, 3.05) is 18.5 Å². The highest BCUT2D eigenvalue weighted by Crippen LogP contribution is 2.24. The topological polar surface area (TPSA) is 49.9 Å². The Morgan fingerprint density at radius 1 is 1.41 bits per heavy atom. The summed E-state index contributed by atoms with van der Waals surface area (Å²) in [6.45, 7) is 3.80. The number of aromatic amines is 1. The molecule has 0 saturated carbocycles. The van der Waals surface area contributed by atoms with Crippen LogP contribution in [0, 0.1) is 6.92 Å². The molecular formula is C13H17N3O. The average Bonchev–Trinajstić information content (AvgIpc) is 2.74. The van der Waals surface area contributed by atoms with Gasteiger partial charge in [-0.15, -0.1) is 0 Å². The molecule has 2 N–H and O–H groups in total. The molecule has 0 radical (unpaired) electrons. The first-order valence-electron chi connectivity index (χ1n) is 6.11. The number of fused-ring (bicyclic) bond motifs is 1.